The second-order valence-corrected chi connectivity index (χ2v) is 5.31. The molecule has 3 heteroatoms. The predicted octanol–water partition coefficient (Wildman–Crippen LogP) is 2.67. The number of benzene rings is 1. The summed E-state index contributed by atoms with van der Waals surface area (Å²) in [6.07, 6.45) is 1.27. The maximum Gasteiger partial charge on any atom is 0.165 e. The summed E-state index contributed by atoms with van der Waals surface area (Å²) in [5, 5.41) is 12.4. The van der Waals surface area contributed by atoms with Crippen molar-refractivity contribution in [1.29, 1.82) is 0 Å². The number of phenolic OH excluding ortho intramolecular Hbond substituents is 1. The van der Waals surface area contributed by atoms with Crippen molar-refractivity contribution < 1.29 is 9.50 Å². The number of aromatic hydroxyl groups is 1. The van der Waals surface area contributed by atoms with E-state index in [2.05, 4.69) is 19.2 Å². The minimum atomic E-state index is -0.550. The second-order valence-electron chi connectivity index (χ2n) is 5.31. The number of hydrogen-bond donors (Lipinski definition) is 2. The quantitative estimate of drug-likeness (QED) is 0.822. The zero-order valence-corrected chi connectivity index (χ0v) is 9.76. The third-order valence-electron chi connectivity index (χ3n) is 3.45. The van der Waals surface area contributed by atoms with Crippen molar-refractivity contribution in [2.45, 2.75) is 26.8 Å². The van der Waals surface area contributed by atoms with E-state index in [1.165, 1.54) is 18.6 Å². The maximum absolute atomic E-state index is 13.0. The SMILES string of the molecule is CC1(C)CC1CNCc1ccc(O)c(F)c1. The molecule has 88 valence electrons. The molecule has 0 spiro atoms. The van der Waals surface area contributed by atoms with Crippen LogP contribution in [0.15, 0.2) is 18.2 Å². The molecule has 0 saturated heterocycles. The van der Waals surface area contributed by atoms with Crippen molar-refractivity contribution in [3.63, 3.8) is 0 Å². The van der Waals surface area contributed by atoms with Crippen LogP contribution in [-0.2, 0) is 6.54 Å². The predicted molar refractivity (Wildman–Crippen MR) is 61.7 cm³/mol. The Morgan fingerprint density at radius 2 is 2.19 bits per heavy atom. The minimum absolute atomic E-state index is 0.285. The Kier molecular flexibility index (Phi) is 2.89. The normalized spacial score (nSPS) is 22.1. The van der Waals surface area contributed by atoms with E-state index in [1.807, 2.05) is 0 Å². The van der Waals surface area contributed by atoms with Gasteiger partial charge in [0, 0.05) is 6.54 Å². The first kappa shape index (κ1) is 11.4. The molecule has 0 amide bonds. The number of halogens is 1. The standard InChI is InChI=1S/C13H18FNO/c1-13(2)6-10(13)8-15-7-9-3-4-12(16)11(14)5-9/h3-5,10,15-16H,6-8H2,1-2H3. The van der Waals surface area contributed by atoms with Gasteiger partial charge in [-0.1, -0.05) is 19.9 Å². The summed E-state index contributed by atoms with van der Waals surface area (Å²) in [4.78, 5) is 0. The summed E-state index contributed by atoms with van der Waals surface area (Å²) >= 11 is 0. The second kappa shape index (κ2) is 4.06. The lowest BCUT2D eigenvalue weighted by Gasteiger charge is -2.06. The molecule has 1 fully saturated rings. The molecule has 0 radical (unpaired) electrons. The maximum atomic E-state index is 13.0. The van der Waals surface area contributed by atoms with Gasteiger partial charge >= 0.3 is 0 Å². The van der Waals surface area contributed by atoms with Gasteiger partial charge in [-0.05, 0) is 42.0 Å². The molecule has 1 aliphatic rings. The van der Waals surface area contributed by atoms with E-state index >= 15 is 0 Å². The van der Waals surface area contributed by atoms with Gasteiger partial charge in [-0.15, -0.1) is 0 Å². The van der Waals surface area contributed by atoms with Crippen LogP contribution in [0, 0.1) is 17.2 Å². The summed E-state index contributed by atoms with van der Waals surface area (Å²) in [6, 6.07) is 4.51. The van der Waals surface area contributed by atoms with E-state index in [9.17, 15) is 4.39 Å². The van der Waals surface area contributed by atoms with Crippen molar-refractivity contribution in [3.05, 3.63) is 29.6 Å². The molecule has 0 aliphatic heterocycles. The minimum Gasteiger partial charge on any atom is -0.505 e. The number of nitrogens with one attached hydrogen (secondary N) is 1. The molecule has 1 aliphatic carbocycles. The van der Waals surface area contributed by atoms with Gasteiger partial charge in [0.2, 0.25) is 0 Å². The Morgan fingerprint density at radius 3 is 2.75 bits per heavy atom. The number of rotatable bonds is 4. The first-order valence-electron chi connectivity index (χ1n) is 5.67. The highest BCUT2D eigenvalue weighted by Gasteiger charge is 2.44. The smallest absolute Gasteiger partial charge is 0.165 e. The molecule has 1 unspecified atom stereocenters. The van der Waals surface area contributed by atoms with E-state index < -0.39 is 5.82 Å². The van der Waals surface area contributed by atoms with Crippen LogP contribution in [0.25, 0.3) is 0 Å². The van der Waals surface area contributed by atoms with Crippen molar-refractivity contribution in [1.82, 2.24) is 5.32 Å². The zero-order chi connectivity index (χ0) is 11.8. The molecule has 0 aromatic heterocycles. The van der Waals surface area contributed by atoms with E-state index in [-0.39, 0.29) is 5.75 Å². The van der Waals surface area contributed by atoms with Crippen molar-refractivity contribution in [3.8, 4) is 5.75 Å². The Labute approximate surface area is 95.5 Å². The zero-order valence-electron chi connectivity index (χ0n) is 9.76. The summed E-state index contributed by atoms with van der Waals surface area (Å²) in [5.74, 6) is -0.0902. The van der Waals surface area contributed by atoms with E-state index in [0.29, 0.717) is 12.0 Å². The van der Waals surface area contributed by atoms with Gasteiger partial charge in [0.15, 0.2) is 11.6 Å². The average molecular weight is 223 g/mol. The molecule has 1 saturated carbocycles. The Bertz CT molecular complexity index is 390. The van der Waals surface area contributed by atoms with Gasteiger partial charge in [0.05, 0.1) is 0 Å². The molecule has 2 rings (SSSR count). The summed E-state index contributed by atoms with van der Waals surface area (Å²) in [6.45, 7) is 6.17. The third kappa shape index (κ3) is 2.53. The van der Waals surface area contributed by atoms with Gasteiger partial charge in [-0.25, -0.2) is 4.39 Å². The lowest BCUT2D eigenvalue weighted by molar-refractivity contribution is 0.431. The molecule has 1 aromatic carbocycles. The van der Waals surface area contributed by atoms with Crippen LogP contribution >= 0.6 is 0 Å². The monoisotopic (exact) mass is 223 g/mol. The molecule has 1 aromatic rings. The van der Waals surface area contributed by atoms with Crippen LogP contribution in [0.5, 0.6) is 5.75 Å². The molecule has 16 heavy (non-hydrogen) atoms. The molecule has 0 heterocycles. The Balaban J connectivity index is 1.79. The molecule has 0 bridgehead atoms. The van der Waals surface area contributed by atoms with Crippen LogP contribution in [-0.4, -0.2) is 11.7 Å². The first-order valence-corrected chi connectivity index (χ1v) is 5.67. The summed E-state index contributed by atoms with van der Waals surface area (Å²) < 4.78 is 13.0. The number of phenols is 1. The molecular weight excluding hydrogens is 205 g/mol. The Morgan fingerprint density at radius 1 is 1.50 bits per heavy atom. The lowest BCUT2D eigenvalue weighted by Crippen LogP contribution is -2.18. The van der Waals surface area contributed by atoms with Crippen LogP contribution < -0.4 is 5.32 Å². The van der Waals surface area contributed by atoms with Crippen molar-refractivity contribution in [2.24, 2.45) is 11.3 Å². The van der Waals surface area contributed by atoms with Crippen LogP contribution in [0.4, 0.5) is 4.39 Å². The van der Waals surface area contributed by atoms with Crippen molar-refractivity contribution >= 4 is 0 Å². The van der Waals surface area contributed by atoms with Gasteiger partial charge < -0.3 is 10.4 Å². The largest absolute Gasteiger partial charge is 0.505 e. The highest BCUT2D eigenvalue weighted by molar-refractivity contribution is 5.27. The van der Waals surface area contributed by atoms with Crippen LogP contribution in [0.2, 0.25) is 0 Å². The van der Waals surface area contributed by atoms with E-state index in [1.54, 1.807) is 6.07 Å². The van der Waals surface area contributed by atoms with Crippen LogP contribution in [0.1, 0.15) is 25.8 Å². The van der Waals surface area contributed by atoms with E-state index in [0.717, 1.165) is 18.0 Å². The highest BCUT2D eigenvalue weighted by Crippen LogP contribution is 2.50. The lowest BCUT2D eigenvalue weighted by atomic mass is 10.1. The van der Waals surface area contributed by atoms with Gasteiger partial charge in [-0.3, -0.25) is 0 Å². The van der Waals surface area contributed by atoms with Gasteiger partial charge in [0.25, 0.3) is 0 Å². The Hall–Kier alpha value is -1.09. The number of hydrogen-bond acceptors (Lipinski definition) is 2. The topological polar surface area (TPSA) is 32.3 Å². The molecule has 2 N–H and O–H groups in total. The molecular formula is C13H18FNO. The van der Waals surface area contributed by atoms with Gasteiger partial charge in [0.1, 0.15) is 0 Å². The van der Waals surface area contributed by atoms with Crippen LogP contribution in [0.3, 0.4) is 0 Å². The van der Waals surface area contributed by atoms with Crippen molar-refractivity contribution in [2.75, 3.05) is 6.54 Å². The highest BCUT2D eigenvalue weighted by atomic mass is 19.1. The fraction of sp³-hybridized carbons (Fsp3) is 0.538. The molecule has 2 nitrogen and oxygen atoms in total. The fourth-order valence-corrected chi connectivity index (χ4v) is 1.98. The summed E-state index contributed by atoms with van der Waals surface area (Å²) in [7, 11) is 0. The third-order valence-corrected chi connectivity index (χ3v) is 3.45. The molecule has 1 atom stereocenters. The first-order chi connectivity index (χ1) is 7.49. The van der Waals surface area contributed by atoms with Gasteiger partial charge in [-0.2, -0.15) is 0 Å². The van der Waals surface area contributed by atoms with E-state index in [4.69, 9.17) is 5.11 Å². The fourth-order valence-electron chi connectivity index (χ4n) is 1.98. The average Bonchev–Trinajstić information content (AvgIpc) is 2.80. The summed E-state index contributed by atoms with van der Waals surface area (Å²) in [5.41, 5.74) is 1.35.